The fraction of sp³-hybridized carbons (Fsp3) is 0.867. The maximum absolute atomic E-state index is 12.4. The van der Waals surface area contributed by atoms with Crippen molar-refractivity contribution < 1.29 is 19.4 Å². The molecule has 0 aromatic heterocycles. The average molecular weight is 283 g/mol. The van der Waals surface area contributed by atoms with Crippen molar-refractivity contribution in [3.63, 3.8) is 0 Å². The van der Waals surface area contributed by atoms with Gasteiger partial charge in [0.1, 0.15) is 6.10 Å². The van der Waals surface area contributed by atoms with Gasteiger partial charge >= 0.3 is 5.97 Å². The van der Waals surface area contributed by atoms with E-state index in [2.05, 4.69) is 0 Å². The van der Waals surface area contributed by atoms with Gasteiger partial charge in [0.15, 0.2) is 6.10 Å². The molecule has 20 heavy (non-hydrogen) atoms. The molecule has 2 aliphatic rings. The van der Waals surface area contributed by atoms with E-state index in [1.54, 1.807) is 4.90 Å². The highest BCUT2D eigenvalue weighted by atomic mass is 16.5. The van der Waals surface area contributed by atoms with E-state index in [1.165, 1.54) is 32.1 Å². The van der Waals surface area contributed by atoms with Gasteiger partial charge in [-0.1, -0.05) is 32.1 Å². The highest BCUT2D eigenvalue weighted by Gasteiger charge is 2.37. The summed E-state index contributed by atoms with van der Waals surface area (Å²) in [5, 5.41) is 8.92. The van der Waals surface area contributed by atoms with Crippen LogP contribution in [0.2, 0.25) is 0 Å². The van der Waals surface area contributed by atoms with Crippen molar-refractivity contribution in [2.45, 2.75) is 76.0 Å². The minimum Gasteiger partial charge on any atom is -0.479 e. The Morgan fingerprint density at radius 2 is 1.50 bits per heavy atom. The Kier molecular flexibility index (Phi) is 5.40. The molecule has 114 valence electrons. The van der Waals surface area contributed by atoms with Crippen LogP contribution in [0, 0.1) is 0 Å². The first kappa shape index (κ1) is 15.3. The number of amides is 1. The van der Waals surface area contributed by atoms with E-state index in [4.69, 9.17) is 9.84 Å². The van der Waals surface area contributed by atoms with Crippen molar-refractivity contribution in [1.82, 2.24) is 4.90 Å². The molecule has 2 rings (SSSR count). The van der Waals surface area contributed by atoms with Gasteiger partial charge in [-0.3, -0.25) is 4.79 Å². The molecule has 0 radical (unpaired) electrons. The molecule has 5 nitrogen and oxygen atoms in total. The highest BCUT2D eigenvalue weighted by molar-refractivity contribution is 5.82. The van der Waals surface area contributed by atoms with Crippen LogP contribution in [-0.4, -0.2) is 47.2 Å². The molecule has 0 spiro atoms. The summed E-state index contributed by atoms with van der Waals surface area (Å²) < 4.78 is 5.36. The van der Waals surface area contributed by atoms with Crippen LogP contribution in [0.5, 0.6) is 0 Å². The summed E-state index contributed by atoms with van der Waals surface area (Å²) >= 11 is 0. The second-order valence-electron chi connectivity index (χ2n) is 5.98. The quantitative estimate of drug-likeness (QED) is 0.862. The number of carboxylic acid groups (broad SMARTS) is 1. The highest BCUT2D eigenvalue weighted by Crippen LogP contribution is 2.25. The molecule has 2 atom stereocenters. The van der Waals surface area contributed by atoms with Crippen LogP contribution >= 0.6 is 0 Å². The fourth-order valence-electron chi connectivity index (χ4n) is 3.23. The lowest BCUT2D eigenvalue weighted by Gasteiger charge is -2.31. The average Bonchev–Trinajstić information content (AvgIpc) is 2.86. The van der Waals surface area contributed by atoms with E-state index >= 15 is 0 Å². The van der Waals surface area contributed by atoms with Crippen LogP contribution < -0.4 is 0 Å². The topological polar surface area (TPSA) is 66.8 Å². The number of aliphatic carboxylic acids is 1. The van der Waals surface area contributed by atoms with Crippen LogP contribution in [0.3, 0.4) is 0 Å². The standard InChI is InChI=1S/C15H25NO4/c1-16(11-7-5-3-2-4-6-8-11)14(17)12-9-10-13(20-12)15(18)19/h11-13H,2-10H2,1H3,(H,18,19)/t12-,13+/m0/s1. The summed E-state index contributed by atoms with van der Waals surface area (Å²) in [6, 6.07) is 0.287. The molecule has 1 amide bonds. The molecule has 0 aromatic rings. The third-order valence-electron chi connectivity index (χ3n) is 4.54. The van der Waals surface area contributed by atoms with Crippen molar-refractivity contribution in [3.8, 4) is 0 Å². The van der Waals surface area contributed by atoms with Gasteiger partial charge in [-0.2, -0.15) is 0 Å². The molecule has 1 aliphatic carbocycles. The smallest absolute Gasteiger partial charge is 0.332 e. The molecule has 1 saturated carbocycles. The zero-order valence-electron chi connectivity index (χ0n) is 12.2. The van der Waals surface area contributed by atoms with E-state index in [1.807, 2.05) is 7.05 Å². The molecular weight excluding hydrogens is 258 g/mol. The van der Waals surface area contributed by atoms with Gasteiger partial charge in [-0.15, -0.1) is 0 Å². The van der Waals surface area contributed by atoms with Crippen molar-refractivity contribution in [2.75, 3.05) is 7.05 Å². The molecule has 0 aromatic carbocycles. The first-order valence-electron chi connectivity index (χ1n) is 7.74. The normalized spacial score (nSPS) is 28.6. The van der Waals surface area contributed by atoms with E-state index in [9.17, 15) is 9.59 Å². The molecule has 1 heterocycles. The van der Waals surface area contributed by atoms with Crippen molar-refractivity contribution in [2.24, 2.45) is 0 Å². The number of ether oxygens (including phenoxy) is 1. The molecule has 0 bridgehead atoms. The molecule has 1 aliphatic heterocycles. The van der Waals surface area contributed by atoms with Crippen LogP contribution in [-0.2, 0) is 14.3 Å². The molecule has 5 heteroatoms. The number of nitrogens with zero attached hydrogens (tertiary/aromatic N) is 1. The van der Waals surface area contributed by atoms with Gasteiger partial charge in [0, 0.05) is 13.1 Å². The summed E-state index contributed by atoms with van der Waals surface area (Å²) in [6.45, 7) is 0. The van der Waals surface area contributed by atoms with Crippen molar-refractivity contribution in [3.05, 3.63) is 0 Å². The number of carbonyl (C=O) groups is 2. The molecule has 1 N–H and O–H groups in total. The van der Waals surface area contributed by atoms with E-state index in [0.29, 0.717) is 12.8 Å². The Balaban J connectivity index is 1.89. The maximum atomic E-state index is 12.4. The Labute approximate surface area is 120 Å². The van der Waals surface area contributed by atoms with Crippen LogP contribution in [0.1, 0.15) is 57.8 Å². The number of carbonyl (C=O) groups excluding carboxylic acids is 1. The van der Waals surface area contributed by atoms with Gasteiger partial charge < -0.3 is 14.7 Å². The lowest BCUT2D eigenvalue weighted by molar-refractivity contribution is -0.155. The van der Waals surface area contributed by atoms with E-state index in [0.717, 1.165) is 12.8 Å². The lowest BCUT2D eigenvalue weighted by atomic mass is 9.95. The van der Waals surface area contributed by atoms with Crippen LogP contribution in [0.4, 0.5) is 0 Å². The first-order chi connectivity index (χ1) is 9.59. The van der Waals surface area contributed by atoms with Gasteiger partial charge in [0.05, 0.1) is 0 Å². The predicted molar refractivity (Wildman–Crippen MR) is 74.4 cm³/mol. The molecular formula is C15H25NO4. The number of hydrogen-bond acceptors (Lipinski definition) is 3. The first-order valence-corrected chi connectivity index (χ1v) is 7.74. The monoisotopic (exact) mass is 283 g/mol. The van der Waals surface area contributed by atoms with Gasteiger partial charge in [-0.25, -0.2) is 4.79 Å². The summed E-state index contributed by atoms with van der Waals surface area (Å²) in [5.41, 5.74) is 0. The Morgan fingerprint density at radius 3 is 2.05 bits per heavy atom. The Hall–Kier alpha value is -1.10. The van der Waals surface area contributed by atoms with E-state index < -0.39 is 18.2 Å². The summed E-state index contributed by atoms with van der Waals surface area (Å²) in [4.78, 5) is 25.1. The lowest BCUT2D eigenvalue weighted by Crippen LogP contribution is -2.43. The second kappa shape index (κ2) is 7.07. The number of rotatable bonds is 3. The number of likely N-dealkylation sites (N-methyl/N-ethyl adjacent to an activating group) is 1. The third kappa shape index (κ3) is 3.72. The molecule has 0 unspecified atom stereocenters. The Bertz CT molecular complexity index is 350. The van der Waals surface area contributed by atoms with Crippen LogP contribution in [0.15, 0.2) is 0 Å². The minimum atomic E-state index is -0.964. The van der Waals surface area contributed by atoms with Gasteiger partial charge in [-0.05, 0) is 25.7 Å². The summed E-state index contributed by atoms with van der Waals surface area (Å²) in [7, 11) is 1.84. The maximum Gasteiger partial charge on any atom is 0.332 e. The number of carboxylic acids is 1. The fourth-order valence-corrected chi connectivity index (χ4v) is 3.23. The van der Waals surface area contributed by atoms with Crippen molar-refractivity contribution >= 4 is 11.9 Å². The third-order valence-corrected chi connectivity index (χ3v) is 4.54. The molecule has 1 saturated heterocycles. The Morgan fingerprint density at radius 1 is 0.950 bits per heavy atom. The molecule has 2 fully saturated rings. The van der Waals surface area contributed by atoms with Gasteiger partial charge in [0.25, 0.3) is 5.91 Å². The minimum absolute atomic E-state index is 0.0423. The zero-order valence-corrected chi connectivity index (χ0v) is 12.2. The summed E-state index contributed by atoms with van der Waals surface area (Å²) in [5.74, 6) is -1.01. The zero-order chi connectivity index (χ0) is 14.5. The van der Waals surface area contributed by atoms with E-state index in [-0.39, 0.29) is 11.9 Å². The van der Waals surface area contributed by atoms with Gasteiger partial charge in [0.2, 0.25) is 0 Å². The number of hydrogen-bond donors (Lipinski definition) is 1. The van der Waals surface area contributed by atoms with Crippen LogP contribution in [0.25, 0.3) is 0 Å². The van der Waals surface area contributed by atoms with Crippen molar-refractivity contribution in [1.29, 1.82) is 0 Å². The second-order valence-corrected chi connectivity index (χ2v) is 5.98. The largest absolute Gasteiger partial charge is 0.479 e. The SMILES string of the molecule is CN(C(=O)[C@@H]1CC[C@H](C(=O)O)O1)C1CCCCCCC1. The summed E-state index contributed by atoms with van der Waals surface area (Å²) in [6.07, 6.45) is 7.83. The predicted octanol–water partition coefficient (Wildman–Crippen LogP) is 2.19.